The van der Waals surface area contributed by atoms with Gasteiger partial charge in [0.1, 0.15) is 5.52 Å². The van der Waals surface area contributed by atoms with Gasteiger partial charge < -0.3 is 19.9 Å². The number of hydrogen-bond acceptors (Lipinski definition) is 8. The average molecular weight is 399 g/mol. The number of carboxylic acid groups (broad SMARTS) is 1. The summed E-state index contributed by atoms with van der Waals surface area (Å²) in [6.45, 7) is 3.42. The molecule has 2 aromatic rings. The minimum Gasteiger partial charge on any atom is -0.543 e. The Labute approximate surface area is 179 Å². The summed E-state index contributed by atoms with van der Waals surface area (Å²) in [7, 11) is 0. The number of amides is 1. The Morgan fingerprint density at radius 3 is 2.85 bits per heavy atom. The van der Waals surface area contributed by atoms with Crippen molar-refractivity contribution in [1.29, 1.82) is 0 Å². The number of carbonyl (C=O) groups is 2. The molecule has 0 spiro atoms. The second-order valence-electron chi connectivity index (χ2n) is 6.18. The summed E-state index contributed by atoms with van der Waals surface area (Å²) in [6.07, 6.45) is 2.51. The molecule has 0 aliphatic carbocycles. The van der Waals surface area contributed by atoms with Gasteiger partial charge in [-0.25, -0.2) is 4.98 Å². The number of carbonyl (C=O) groups excluding carboxylic acids is 2. The quantitative estimate of drug-likeness (QED) is 0.452. The molecule has 10 heteroatoms. The van der Waals surface area contributed by atoms with Crippen LogP contribution in [-0.2, 0) is 9.59 Å². The van der Waals surface area contributed by atoms with Crippen LogP contribution in [-0.4, -0.2) is 44.0 Å². The van der Waals surface area contributed by atoms with Crippen molar-refractivity contribution >= 4 is 45.2 Å². The summed E-state index contributed by atoms with van der Waals surface area (Å²) in [5.74, 6) is -2.53. The van der Waals surface area contributed by atoms with Gasteiger partial charge in [0.05, 0.1) is 40.6 Å². The molecular formula is C16H14N3NaO4S2. The monoisotopic (exact) mass is 399 g/mol. The minimum absolute atomic E-state index is 0. The number of pyridine rings is 1. The van der Waals surface area contributed by atoms with Gasteiger partial charge in [0.2, 0.25) is 5.91 Å². The summed E-state index contributed by atoms with van der Waals surface area (Å²) in [5, 5.41) is 21.5. The van der Waals surface area contributed by atoms with E-state index in [1.807, 2.05) is 13.0 Å². The average Bonchev–Trinajstić information content (AvgIpc) is 3.05. The summed E-state index contributed by atoms with van der Waals surface area (Å²) in [4.78, 5) is 34.3. The fourth-order valence-corrected chi connectivity index (χ4v) is 5.85. The Hall–Kier alpha value is -0.970. The van der Waals surface area contributed by atoms with Gasteiger partial charge in [-0.15, -0.1) is 11.3 Å². The molecule has 0 radical (unpaired) electrons. The molecule has 2 aromatic heterocycles. The first kappa shape index (κ1) is 19.8. The number of aromatic nitrogens is 2. The molecule has 1 fully saturated rings. The van der Waals surface area contributed by atoms with Crippen LogP contribution in [0, 0.1) is 11.8 Å². The van der Waals surface area contributed by atoms with Crippen molar-refractivity contribution in [2.24, 2.45) is 11.8 Å². The Balaban J connectivity index is 0.00000196. The van der Waals surface area contributed by atoms with E-state index in [0.717, 1.165) is 10.2 Å². The molecular weight excluding hydrogens is 385 g/mol. The number of fused-ring (bicyclic) bond motifs is 2. The number of aliphatic carboxylic acids is 1. The molecule has 2 aliphatic rings. The van der Waals surface area contributed by atoms with Crippen molar-refractivity contribution in [2.75, 3.05) is 0 Å². The standard InChI is InChI=1S/C16H15N3O4S2.Na/c1-6-11-10(7(2)20)14(21)19(11)12(15(22)23)13(6)25-16-18-8-5-17-4-3-9(8)24-16;/h3-7,10-11,20H,1-2H3,(H,22,23);/q;+1/p-1/t6-,7-,10-,11-;/m1./s1. The second kappa shape index (κ2) is 7.21. The van der Waals surface area contributed by atoms with Crippen molar-refractivity contribution < 1.29 is 49.4 Å². The number of aliphatic hydroxyl groups is 1. The van der Waals surface area contributed by atoms with Crippen molar-refractivity contribution in [3.8, 4) is 0 Å². The predicted molar refractivity (Wildman–Crippen MR) is 90.3 cm³/mol. The summed E-state index contributed by atoms with van der Waals surface area (Å²) in [5.41, 5.74) is 0.652. The van der Waals surface area contributed by atoms with E-state index in [-0.39, 0.29) is 53.1 Å². The molecule has 0 aromatic carbocycles. The van der Waals surface area contributed by atoms with E-state index in [2.05, 4.69) is 9.97 Å². The SMILES string of the molecule is C[C@@H](O)[C@H]1C(=O)N2C(C(=O)[O-])=C(Sc3nc4cnccc4s3)[C@H](C)[C@H]12.[Na+]. The van der Waals surface area contributed by atoms with Gasteiger partial charge in [-0.3, -0.25) is 9.78 Å². The number of thiazole rings is 1. The van der Waals surface area contributed by atoms with Gasteiger partial charge >= 0.3 is 29.6 Å². The van der Waals surface area contributed by atoms with Gasteiger partial charge in [0.25, 0.3) is 0 Å². The van der Waals surface area contributed by atoms with Crippen LogP contribution in [0.25, 0.3) is 10.2 Å². The molecule has 4 rings (SSSR count). The number of hydrogen-bond donors (Lipinski definition) is 1. The van der Waals surface area contributed by atoms with Gasteiger partial charge in [0.15, 0.2) is 4.34 Å². The number of carboxylic acids is 1. The van der Waals surface area contributed by atoms with Crippen LogP contribution < -0.4 is 34.7 Å². The molecule has 0 bridgehead atoms. The smallest absolute Gasteiger partial charge is 0.543 e. The van der Waals surface area contributed by atoms with Crippen molar-refractivity contribution in [2.45, 2.75) is 30.3 Å². The topological polar surface area (TPSA) is 106 Å². The third-order valence-electron chi connectivity index (χ3n) is 4.67. The summed E-state index contributed by atoms with van der Waals surface area (Å²) >= 11 is 2.69. The van der Waals surface area contributed by atoms with E-state index in [1.54, 1.807) is 19.3 Å². The van der Waals surface area contributed by atoms with Crippen LogP contribution in [0.1, 0.15) is 13.8 Å². The van der Waals surface area contributed by atoms with Crippen molar-refractivity contribution in [1.82, 2.24) is 14.9 Å². The first-order valence-corrected chi connectivity index (χ1v) is 9.38. The van der Waals surface area contributed by atoms with Crippen LogP contribution in [0.3, 0.4) is 0 Å². The molecule has 4 heterocycles. The van der Waals surface area contributed by atoms with Crippen LogP contribution in [0.4, 0.5) is 0 Å². The third kappa shape index (κ3) is 2.90. The molecule has 7 nitrogen and oxygen atoms in total. The number of rotatable bonds is 4. The van der Waals surface area contributed by atoms with Crippen molar-refractivity contribution in [3.63, 3.8) is 0 Å². The Morgan fingerprint density at radius 2 is 2.23 bits per heavy atom. The molecule has 26 heavy (non-hydrogen) atoms. The molecule has 1 N–H and O–H groups in total. The van der Waals surface area contributed by atoms with E-state index >= 15 is 0 Å². The zero-order chi connectivity index (χ0) is 17.9. The Kier molecular flexibility index (Phi) is 5.49. The normalized spacial score (nSPS) is 25.7. The number of aliphatic hydroxyl groups excluding tert-OH is 1. The van der Waals surface area contributed by atoms with Gasteiger partial charge in [-0.1, -0.05) is 18.7 Å². The van der Waals surface area contributed by atoms with Gasteiger partial charge in [0, 0.05) is 17.0 Å². The molecule has 0 saturated carbocycles. The largest absolute Gasteiger partial charge is 1.00 e. The summed E-state index contributed by atoms with van der Waals surface area (Å²) in [6, 6.07) is 1.50. The summed E-state index contributed by atoms with van der Waals surface area (Å²) < 4.78 is 1.65. The van der Waals surface area contributed by atoms with Crippen LogP contribution in [0.15, 0.2) is 33.4 Å². The fourth-order valence-electron chi connectivity index (χ4n) is 3.54. The van der Waals surface area contributed by atoms with Crippen LogP contribution in [0.5, 0.6) is 0 Å². The van der Waals surface area contributed by atoms with E-state index < -0.39 is 18.0 Å². The number of thioether (sulfide) groups is 1. The van der Waals surface area contributed by atoms with E-state index in [9.17, 15) is 19.8 Å². The van der Waals surface area contributed by atoms with Crippen LogP contribution >= 0.6 is 23.1 Å². The zero-order valence-electron chi connectivity index (χ0n) is 14.4. The Bertz CT molecular complexity index is 896. The Morgan fingerprint density at radius 1 is 1.50 bits per heavy atom. The second-order valence-corrected chi connectivity index (χ2v) is 8.50. The molecule has 130 valence electrons. The van der Waals surface area contributed by atoms with E-state index in [4.69, 9.17) is 0 Å². The molecule has 1 saturated heterocycles. The molecule has 0 unspecified atom stereocenters. The van der Waals surface area contributed by atoms with Gasteiger partial charge in [-0.05, 0) is 13.0 Å². The third-order valence-corrected chi connectivity index (χ3v) is 7.05. The fraction of sp³-hybridized carbons (Fsp3) is 0.375. The van der Waals surface area contributed by atoms with Gasteiger partial charge in [-0.2, -0.15) is 0 Å². The molecule has 4 atom stereocenters. The van der Waals surface area contributed by atoms with Crippen LogP contribution in [0.2, 0.25) is 0 Å². The van der Waals surface area contributed by atoms with E-state index in [1.165, 1.54) is 28.0 Å². The maximum atomic E-state index is 12.3. The first-order chi connectivity index (χ1) is 11.9. The predicted octanol–water partition coefficient (Wildman–Crippen LogP) is -2.39. The molecule has 2 aliphatic heterocycles. The maximum absolute atomic E-state index is 12.3. The maximum Gasteiger partial charge on any atom is 1.00 e. The minimum atomic E-state index is -1.38. The van der Waals surface area contributed by atoms with E-state index in [0.29, 0.717) is 9.24 Å². The van der Waals surface area contributed by atoms with Crippen molar-refractivity contribution in [3.05, 3.63) is 29.1 Å². The first-order valence-electron chi connectivity index (χ1n) is 7.75. The number of nitrogens with zero attached hydrogens (tertiary/aromatic N) is 3. The number of β-lactam (4-membered cyclic amide) rings is 1. The zero-order valence-corrected chi connectivity index (χ0v) is 18.0. The molecule has 1 amide bonds.